The van der Waals surface area contributed by atoms with Gasteiger partial charge in [0.05, 0.1) is 10.4 Å². The lowest BCUT2D eigenvalue weighted by Gasteiger charge is -2.10. The van der Waals surface area contributed by atoms with Crippen molar-refractivity contribution < 1.29 is 12.8 Å². The number of sulfonamides is 1. The number of benzene rings is 1. The lowest BCUT2D eigenvalue weighted by molar-refractivity contribution is 0.518. The van der Waals surface area contributed by atoms with Crippen molar-refractivity contribution in [2.45, 2.75) is 17.7 Å². The molecule has 1 aliphatic heterocycles. The van der Waals surface area contributed by atoms with Gasteiger partial charge in [-0.2, -0.15) is 0 Å². The highest BCUT2D eigenvalue weighted by molar-refractivity contribution is 7.89. The summed E-state index contributed by atoms with van der Waals surface area (Å²) in [5.74, 6) is 0.0172. The van der Waals surface area contributed by atoms with Crippen LogP contribution in [0, 0.1) is 5.92 Å². The van der Waals surface area contributed by atoms with Crippen LogP contribution in [0.15, 0.2) is 32.3 Å². The first-order valence-corrected chi connectivity index (χ1v) is 8.75. The number of aryl methyl sites for hydroxylation is 1. The van der Waals surface area contributed by atoms with Crippen molar-refractivity contribution in [3.8, 4) is 0 Å². The average molecular weight is 325 g/mol. The molecule has 7 nitrogen and oxygen atoms in total. The van der Waals surface area contributed by atoms with E-state index in [1.54, 1.807) is 13.1 Å². The van der Waals surface area contributed by atoms with Gasteiger partial charge in [0.15, 0.2) is 5.58 Å². The van der Waals surface area contributed by atoms with Crippen molar-refractivity contribution in [3.05, 3.63) is 28.7 Å². The van der Waals surface area contributed by atoms with Gasteiger partial charge in [0.1, 0.15) is 0 Å². The van der Waals surface area contributed by atoms with Crippen LogP contribution in [-0.4, -0.2) is 32.6 Å². The van der Waals surface area contributed by atoms with Crippen molar-refractivity contribution in [3.63, 3.8) is 0 Å². The van der Waals surface area contributed by atoms with E-state index in [9.17, 15) is 13.2 Å². The fourth-order valence-corrected chi connectivity index (χ4v) is 3.79. The molecule has 0 bridgehead atoms. The Bertz CT molecular complexity index is 831. The van der Waals surface area contributed by atoms with E-state index in [-0.39, 0.29) is 10.5 Å². The monoisotopic (exact) mass is 325 g/mol. The second-order valence-electron chi connectivity index (χ2n) is 5.60. The maximum Gasteiger partial charge on any atom is 0.419 e. The molecule has 2 aromatic rings. The van der Waals surface area contributed by atoms with E-state index in [1.807, 2.05) is 0 Å². The minimum atomic E-state index is -3.59. The molecule has 1 atom stereocenters. The zero-order valence-corrected chi connectivity index (χ0v) is 13.1. The van der Waals surface area contributed by atoms with Gasteiger partial charge in [0, 0.05) is 19.7 Å². The molecule has 1 fully saturated rings. The molecule has 1 aliphatic rings. The number of nitrogens with one attached hydrogen (secondary N) is 2. The summed E-state index contributed by atoms with van der Waals surface area (Å²) in [6.45, 7) is 2.36. The minimum absolute atomic E-state index is 0.110. The molecule has 1 aromatic carbocycles. The first kappa shape index (κ1) is 15.3. The van der Waals surface area contributed by atoms with Gasteiger partial charge in [-0.15, -0.1) is 0 Å². The number of hydrogen-bond acceptors (Lipinski definition) is 5. The summed E-state index contributed by atoms with van der Waals surface area (Å²) in [5, 5.41) is 3.26. The standard InChI is InChI=1S/C14H19N3O4S/c1-17-12-3-2-11(8-13(12)21-14(17)18)22(19,20)16-7-5-10-4-6-15-9-10/h2-3,8,10,15-16H,4-7,9H2,1H3. The number of aromatic nitrogens is 1. The van der Waals surface area contributed by atoms with Crippen LogP contribution in [-0.2, 0) is 17.1 Å². The van der Waals surface area contributed by atoms with Crippen molar-refractivity contribution in [2.75, 3.05) is 19.6 Å². The van der Waals surface area contributed by atoms with Crippen molar-refractivity contribution in [2.24, 2.45) is 13.0 Å². The molecule has 22 heavy (non-hydrogen) atoms. The zero-order valence-electron chi connectivity index (χ0n) is 12.3. The summed E-state index contributed by atoms with van der Waals surface area (Å²) in [6, 6.07) is 4.45. The Balaban J connectivity index is 1.75. The van der Waals surface area contributed by atoms with Gasteiger partial charge in [0.2, 0.25) is 10.0 Å². The van der Waals surface area contributed by atoms with Gasteiger partial charge in [-0.05, 0) is 44.0 Å². The Morgan fingerprint density at radius 3 is 3.00 bits per heavy atom. The molecule has 1 aromatic heterocycles. The molecule has 2 N–H and O–H groups in total. The number of oxazole rings is 1. The van der Waals surface area contributed by atoms with E-state index >= 15 is 0 Å². The van der Waals surface area contributed by atoms with Crippen molar-refractivity contribution in [1.29, 1.82) is 0 Å². The van der Waals surface area contributed by atoms with Crippen LogP contribution in [0.4, 0.5) is 0 Å². The molecule has 0 spiro atoms. The van der Waals surface area contributed by atoms with Crippen LogP contribution in [0.5, 0.6) is 0 Å². The molecule has 1 unspecified atom stereocenters. The van der Waals surface area contributed by atoms with Gasteiger partial charge in [-0.1, -0.05) is 0 Å². The summed E-state index contributed by atoms with van der Waals surface area (Å²) >= 11 is 0. The average Bonchev–Trinajstić information content (AvgIpc) is 3.08. The third-order valence-electron chi connectivity index (χ3n) is 4.08. The number of nitrogens with zero attached hydrogens (tertiary/aromatic N) is 1. The first-order valence-electron chi connectivity index (χ1n) is 7.27. The van der Waals surface area contributed by atoms with Crippen molar-refractivity contribution >= 4 is 21.1 Å². The molecule has 0 saturated carbocycles. The summed E-state index contributed by atoms with van der Waals surface area (Å²) in [7, 11) is -2.01. The second-order valence-corrected chi connectivity index (χ2v) is 7.37. The third-order valence-corrected chi connectivity index (χ3v) is 5.54. The Morgan fingerprint density at radius 1 is 1.45 bits per heavy atom. The number of rotatable bonds is 5. The Morgan fingerprint density at radius 2 is 2.27 bits per heavy atom. The van der Waals surface area contributed by atoms with E-state index in [1.165, 1.54) is 16.7 Å². The quantitative estimate of drug-likeness (QED) is 0.830. The Labute approximate surface area is 128 Å². The molecular weight excluding hydrogens is 306 g/mol. The van der Waals surface area contributed by atoms with Gasteiger partial charge in [-0.3, -0.25) is 4.57 Å². The number of fused-ring (bicyclic) bond motifs is 1. The van der Waals surface area contributed by atoms with Gasteiger partial charge in [-0.25, -0.2) is 17.9 Å². The first-order chi connectivity index (χ1) is 10.5. The topological polar surface area (TPSA) is 93.3 Å². The molecule has 1 saturated heterocycles. The Kier molecular flexibility index (Phi) is 4.07. The van der Waals surface area contributed by atoms with E-state index in [0.717, 1.165) is 25.9 Å². The number of hydrogen-bond donors (Lipinski definition) is 2. The van der Waals surface area contributed by atoms with E-state index < -0.39 is 15.8 Å². The second kappa shape index (κ2) is 5.86. The lowest BCUT2D eigenvalue weighted by Crippen LogP contribution is -2.26. The molecule has 0 radical (unpaired) electrons. The molecule has 2 heterocycles. The summed E-state index contributed by atoms with van der Waals surface area (Å²) in [6.07, 6.45) is 1.90. The van der Waals surface area contributed by atoms with Gasteiger partial charge in [0.25, 0.3) is 0 Å². The summed E-state index contributed by atoms with van der Waals surface area (Å²) in [5.41, 5.74) is 0.844. The molecule has 0 amide bonds. The lowest BCUT2D eigenvalue weighted by atomic mass is 10.1. The minimum Gasteiger partial charge on any atom is -0.408 e. The third kappa shape index (κ3) is 2.94. The summed E-state index contributed by atoms with van der Waals surface area (Å²) in [4.78, 5) is 11.6. The van der Waals surface area contributed by atoms with E-state index in [2.05, 4.69) is 10.0 Å². The van der Waals surface area contributed by atoms with Crippen molar-refractivity contribution in [1.82, 2.24) is 14.6 Å². The normalized spacial score (nSPS) is 19.0. The zero-order chi connectivity index (χ0) is 15.7. The predicted octanol–water partition coefficient (Wildman–Crippen LogP) is 0.409. The summed E-state index contributed by atoms with van der Waals surface area (Å²) < 4.78 is 33.5. The van der Waals surface area contributed by atoms with Crippen LogP contribution < -0.4 is 15.8 Å². The van der Waals surface area contributed by atoms with Crippen LogP contribution in [0.3, 0.4) is 0 Å². The fraction of sp³-hybridized carbons (Fsp3) is 0.500. The smallest absolute Gasteiger partial charge is 0.408 e. The molecule has 8 heteroatoms. The molecular formula is C14H19N3O4S. The van der Waals surface area contributed by atoms with Gasteiger partial charge >= 0.3 is 5.76 Å². The SMILES string of the molecule is Cn1c(=O)oc2cc(S(=O)(=O)NCCC3CCNC3)ccc21. The molecule has 120 valence electrons. The van der Waals surface area contributed by atoms with Crippen LogP contribution in [0.2, 0.25) is 0 Å². The maximum atomic E-state index is 12.3. The highest BCUT2D eigenvalue weighted by Crippen LogP contribution is 2.18. The fourth-order valence-electron chi connectivity index (χ4n) is 2.72. The van der Waals surface area contributed by atoms with Crippen LogP contribution in [0.1, 0.15) is 12.8 Å². The Hall–Kier alpha value is -1.64. The maximum absolute atomic E-state index is 12.3. The highest BCUT2D eigenvalue weighted by atomic mass is 32.2. The van der Waals surface area contributed by atoms with Crippen LogP contribution >= 0.6 is 0 Å². The highest BCUT2D eigenvalue weighted by Gasteiger charge is 2.19. The van der Waals surface area contributed by atoms with Crippen LogP contribution in [0.25, 0.3) is 11.1 Å². The van der Waals surface area contributed by atoms with Gasteiger partial charge < -0.3 is 9.73 Å². The molecule has 3 rings (SSSR count). The molecule has 0 aliphatic carbocycles. The van der Waals surface area contributed by atoms with E-state index in [4.69, 9.17) is 4.42 Å². The predicted molar refractivity (Wildman–Crippen MR) is 82.2 cm³/mol. The largest absolute Gasteiger partial charge is 0.419 e. The van der Waals surface area contributed by atoms with E-state index in [0.29, 0.717) is 18.0 Å².